The molecular weight excluding hydrogens is 242 g/mol. The third kappa shape index (κ3) is 4.28. The molecule has 5 nitrogen and oxygen atoms in total. The van der Waals surface area contributed by atoms with E-state index in [0.717, 1.165) is 12.1 Å². The summed E-state index contributed by atoms with van der Waals surface area (Å²) in [7, 11) is 1.60. The average molecular weight is 261 g/mol. The molecule has 19 heavy (non-hydrogen) atoms. The molecule has 3 N–H and O–H groups in total. The third-order valence-corrected chi connectivity index (χ3v) is 3.14. The lowest BCUT2D eigenvalue weighted by Crippen LogP contribution is -2.36. The van der Waals surface area contributed by atoms with Gasteiger partial charge in [0, 0.05) is 25.7 Å². The van der Waals surface area contributed by atoms with E-state index in [1.54, 1.807) is 19.2 Å². The number of carbonyl (C=O) groups is 2. The maximum absolute atomic E-state index is 11.5. The Bertz CT molecular complexity index is 452. The van der Waals surface area contributed by atoms with Gasteiger partial charge >= 0.3 is 6.03 Å². The molecule has 5 heteroatoms. The highest BCUT2D eigenvalue weighted by Gasteiger charge is 2.21. The second-order valence-electron chi connectivity index (χ2n) is 4.78. The first-order valence-electron chi connectivity index (χ1n) is 6.52. The van der Waals surface area contributed by atoms with Gasteiger partial charge in [0.2, 0.25) is 0 Å². The Hall–Kier alpha value is -2.04. The molecule has 1 aliphatic carbocycles. The van der Waals surface area contributed by atoms with Crippen LogP contribution in [0.3, 0.4) is 0 Å². The molecular formula is C14H19N3O2. The Balaban J connectivity index is 1.75. The molecule has 0 aromatic heterocycles. The molecule has 1 saturated carbocycles. The van der Waals surface area contributed by atoms with E-state index in [2.05, 4.69) is 16.0 Å². The van der Waals surface area contributed by atoms with E-state index in [9.17, 15) is 9.59 Å². The summed E-state index contributed by atoms with van der Waals surface area (Å²) in [5, 5.41) is 8.20. The Morgan fingerprint density at radius 1 is 1.16 bits per heavy atom. The molecule has 1 aliphatic rings. The second-order valence-corrected chi connectivity index (χ2v) is 4.78. The number of nitrogens with one attached hydrogen (secondary N) is 3. The van der Waals surface area contributed by atoms with E-state index in [4.69, 9.17) is 0 Å². The summed E-state index contributed by atoms with van der Waals surface area (Å²) in [6.07, 6.45) is 2.45. The highest BCUT2D eigenvalue weighted by Crippen LogP contribution is 2.27. The number of benzene rings is 1. The fraction of sp³-hybridized carbons (Fsp3) is 0.429. The smallest absolute Gasteiger partial charge is 0.315 e. The van der Waals surface area contributed by atoms with Crippen LogP contribution in [-0.2, 0) is 6.54 Å². The van der Waals surface area contributed by atoms with Crippen LogP contribution in [0.25, 0.3) is 0 Å². The summed E-state index contributed by atoms with van der Waals surface area (Å²) in [5.41, 5.74) is 1.58. The monoisotopic (exact) mass is 261 g/mol. The van der Waals surface area contributed by atoms with Crippen molar-refractivity contribution < 1.29 is 9.59 Å². The molecule has 102 valence electrons. The Morgan fingerprint density at radius 2 is 1.84 bits per heavy atom. The van der Waals surface area contributed by atoms with E-state index < -0.39 is 0 Å². The highest BCUT2D eigenvalue weighted by atomic mass is 16.2. The van der Waals surface area contributed by atoms with Crippen molar-refractivity contribution in [3.05, 3.63) is 35.4 Å². The lowest BCUT2D eigenvalue weighted by atomic mass is 10.1. The molecule has 0 spiro atoms. The van der Waals surface area contributed by atoms with E-state index in [1.807, 2.05) is 12.1 Å². The van der Waals surface area contributed by atoms with Gasteiger partial charge in [0.25, 0.3) is 5.91 Å². The summed E-state index contributed by atoms with van der Waals surface area (Å²) in [6, 6.07) is 7.04. The Labute approximate surface area is 112 Å². The van der Waals surface area contributed by atoms with Gasteiger partial charge in [0.15, 0.2) is 0 Å². The molecule has 0 heterocycles. The zero-order chi connectivity index (χ0) is 13.7. The van der Waals surface area contributed by atoms with Crippen LogP contribution in [0, 0.1) is 5.92 Å². The van der Waals surface area contributed by atoms with Crippen LogP contribution in [-0.4, -0.2) is 25.5 Å². The average Bonchev–Trinajstić information content (AvgIpc) is 3.26. The molecule has 1 fully saturated rings. The Kier molecular flexibility index (Phi) is 4.39. The number of hydrogen-bond acceptors (Lipinski definition) is 2. The van der Waals surface area contributed by atoms with E-state index in [1.165, 1.54) is 12.8 Å². The van der Waals surface area contributed by atoms with Gasteiger partial charge in [-0.2, -0.15) is 0 Å². The van der Waals surface area contributed by atoms with Gasteiger partial charge in [-0.15, -0.1) is 0 Å². The fourth-order valence-corrected chi connectivity index (χ4v) is 1.72. The molecule has 0 atom stereocenters. The second kappa shape index (κ2) is 6.22. The molecule has 3 amide bonds. The molecule has 0 bridgehead atoms. The first kappa shape index (κ1) is 13.4. The Morgan fingerprint density at radius 3 is 2.42 bits per heavy atom. The maximum Gasteiger partial charge on any atom is 0.315 e. The van der Waals surface area contributed by atoms with E-state index in [-0.39, 0.29) is 11.9 Å². The topological polar surface area (TPSA) is 70.2 Å². The number of carbonyl (C=O) groups excluding carboxylic acids is 2. The van der Waals surface area contributed by atoms with Crippen molar-refractivity contribution in [1.29, 1.82) is 0 Å². The van der Waals surface area contributed by atoms with Gasteiger partial charge in [-0.05, 0) is 36.5 Å². The van der Waals surface area contributed by atoms with Gasteiger partial charge in [-0.3, -0.25) is 4.79 Å². The highest BCUT2D eigenvalue weighted by molar-refractivity contribution is 5.93. The molecule has 1 aromatic rings. The molecule has 2 rings (SSSR count). The number of rotatable bonds is 5. The molecule has 0 saturated heterocycles. The first-order chi connectivity index (χ1) is 9.19. The SMILES string of the molecule is CNC(=O)c1ccc(CNC(=O)NCC2CC2)cc1. The summed E-state index contributed by atoms with van der Waals surface area (Å²) in [5.74, 6) is 0.569. The molecule has 0 unspecified atom stereocenters. The van der Waals surface area contributed by atoms with Crippen molar-refractivity contribution in [2.45, 2.75) is 19.4 Å². The third-order valence-electron chi connectivity index (χ3n) is 3.14. The van der Waals surface area contributed by atoms with Crippen LogP contribution >= 0.6 is 0 Å². The van der Waals surface area contributed by atoms with Crippen molar-refractivity contribution in [2.75, 3.05) is 13.6 Å². The number of urea groups is 1. The number of hydrogen-bond donors (Lipinski definition) is 3. The van der Waals surface area contributed by atoms with Crippen molar-refractivity contribution in [2.24, 2.45) is 5.92 Å². The minimum Gasteiger partial charge on any atom is -0.355 e. The standard InChI is InChI=1S/C14H19N3O2/c1-15-13(18)12-6-4-11(5-7-12)9-17-14(19)16-8-10-2-3-10/h4-7,10H,2-3,8-9H2,1H3,(H,15,18)(H2,16,17,19). The molecule has 0 aliphatic heterocycles. The lowest BCUT2D eigenvalue weighted by Gasteiger charge is -2.07. The lowest BCUT2D eigenvalue weighted by molar-refractivity contribution is 0.0963. The van der Waals surface area contributed by atoms with Gasteiger partial charge in [-0.25, -0.2) is 4.79 Å². The normalized spacial score (nSPS) is 13.7. The largest absolute Gasteiger partial charge is 0.355 e. The van der Waals surface area contributed by atoms with Gasteiger partial charge in [0.05, 0.1) is 0 Å². The van der Waals surface area contributed by atoms with E-state index >= 15 is 0 Å². The summed E-state index contributed by atoms with van der Waals surface area (Å²) in [4.78, 5) is 22.8. The maximum atomic E-state index is 11.5. The quantitative estimate of drug-likeness (QED) is 0.746. The first-order valence-corrected chi connectivity index (χ1v) is 6.52. The zero-order valence-electron chi connectivity index (χ0n) is 11.0. The van der Waals surface area contributed by atoms with Crippen LogP contribution in [0.5, 0.6) is 0 Å². The van der Waals surface area contributed by atoms with Crippen molar-refractivity contribution in [3.63, 3.8) is 0 Å². The van der Waals surface area contributed by atoms with Crippen LogP contribution in [0.1, 0.15) is 28.8 Å². The van der Waals surface area contributed by atoms with Crippen LogP contribution in [0.4, 0.5) is 4.79 Å². The van der Waals surface area contributed by atoms with Crippen LogP contribution < -0.4 is 16.0 Å². The number of amides is 3. The zero-order valence-corrected chi connectivity index (χ0v) is 11.0. The molecule has 0 radical (unpaired) electrons. The minimum absolute atomic E-state index is 0.110. The summed E-state index contributed by atoms with van der Waals surface area (Å²) < 4.78 is 0. The van der Waals surface area contributed by atoms with Gasteiger partial charge < -0.3 is 16.0 Å². The van der Waals surface area contributed by atoms with Gasteiger partial charge in [-0.1, -0.05) is 12.1 Å². The van der Waals surface area contributed by atoms with E-state index in [0.29, 0.717) is 18.0 Å². The minimum atomic E-state index is -0.137. The predicted molar refractivity (Wildman–Crippen MR) is 72.8 cm³/mol. The van der Waals surface area contributed by atoms with Crippen molar-refractivity contribution in [1.82, 2.24) is 16.0 Å². The predicted octanol–water partition coefficient (Wildman–Crippen LogP) is 1.26. The van der Waals surface area contributed by atoms with Gasteiger partial charge in [0.1, 0.15) is 0 Å². The van der Waals surface area contributed by atoms with Crippen LogP contribution in [0.15, 0.2) is 24.3 Å². The van der Waals surface area contributed by atoms with Crippen molar-refractivity contribution >= 4 is 11.9 Å². The fourth-order valence-electron chi connectivity index (χ4n) is 1.72. The van der Waals surface area contributed by atoms with Crippen molar-refractivity contribution in [3.8, 4) is 0 Å². The van der Waals surface area contributed by atoms with Crippen LogP contribution in [0.2, 0.25) is 0 Å². The molecule has 1 aromatic carbocycles. The summed E-state index contributed by atoms with van der Waals surface area (Å²) >= 11 is 0. The summed E-state index contributed by atoms with van der Waals surface area (Å²) in [6.45, 7) is 1.23.